The van der Waals surface area contributed by atoms with E-state index in [-0.39, 0.29) is 51.5 Å². The first-order chi connectivity index (χ1) is 49.6. The number of thioether (sulfide) groups is 2. The van der Waals surface area contributed by atoms with E-state index in [1.165, 1.54) is 28.4 Å². The summed E-state index contributed by atoms with van der Waals surface area (Å²) in [5.41, 5.74) is 8.93. The van der Waals surface area contributed by atoms with Crippen molar-refractivity contribution in [3.8, 4) is 23.8 Å². The van der Waals surface area contributed by atoms with Crippen LogP contribution in [0.2, 0.25) is 0 Å². The Kier molecular flexibility index (Phi) is 53.7. The van der Waals surface area contributed by atoms with Gasteiger partial charge in [-0.15, -0.1) is 23.5 Å². The Hall–Kier alpha value is -0.122. The van der Waals surface area contributed by atoms with Gasteiger partial charge in [0.1, 0.15) is 0 Å². The molecule has 0 spiro atoms. The van der Waals surface area contributed by atoms with Crippen molar-refractivity contribution >= 4 is 312 Å². The predicted molar refractivity (Wildman–Crippen MR) is 514 cm³/mol. The number of rotatable bonds is 12. The number of halogens is 10. The van der Waals surface area contributed by atoms with Gasteiger partial charge in [-0.25, -0.2) is 59.0 Å². The topological polar surface area (TPSA) is 262 Å². The Balaban J connectivity index is 0.000000671. The Labute approximate surface area is 777 Å². The first kappa shape index (κ1) is 106. The molecule has 0 saturated carbocycles. The SMILES string of the molecule is COC(=O)c1ccc2c(S(C)=O)cn(-c3ncc(C)cn3)c2c1.COC(=O)c1ccc2c(S(C)=O)cn(-c3ncc(C)cn3)c2c1.COC(=O)c1ccc2c(SC)cn(-c3ncc(C)cn3)c2c1.COC(=O)c1ccc2c(SC)cn(-c3ncc(C)cn3)c2c1.[CH3-].[CH3-].[CH3-].[CH3-].[I][V]([I])[I].[I][V]([I])[I].[I][V][I].[I][V][I]. The summed E-state index contributed by atoms with van der Waals surface area (Å²) in [6.07, 6.45) is 28.7. The molecule has 4 aromatic carbocycles. The molecule has 8 heterocycles. The average molecular weight is 2820 g/mol. The van der Waals surface area contributed by atoms with Crippen LogP contribution in [0.25, 0.3) is 67.4 Å². The van der Waals surface area contributed by atoms with E-state index in [4.69, 9.17) is 18.9 Å². The molecule has 0 aliphatic heterocycles. The van der Waals surface area contributed by atoms with Crippen LogP contribution < -0.4 is 0 Å². The van der Waals surface area contributed by atoms with Crippen LogP contribution in [0.1, 0.15) is 63.7 Å². The summed E-state index contributed by atoms with van der Waals surface area (Å²) >= 11 is 27.5. The van der Waals surface area contributed by atoms with Crippen LogP contribution in [0.3, 0.4) is 0 Å². The van der Waals surface area contributed by atoms with Crippen molar-refractivity contribution in [2.24, 2.45) is 0 Å². The van der Waals surface area contributed by atoms with Gasteiger partial charge in [0.15, 0.2) is 0 Å². The molecule has 0 radical (unpaired) electrons. The van der Waals surface area contributed by atoms with Crippen LogP contribution in [0.4, 0.5) is 0 Å². The summed E-state index contributed by atoms with van der Waals surface area (Å²) in [4.78, 5) is 84.7. The van der Waals surface area contributed by atoms with Gasteiger partial charge in [0.25, 0.3) is 0 Å². The average Bonchev–Trinajstić information content (AvgIpc) is 1.64. The number of nitrogens with zero attached hydrogens (tertiary/aromatic N) is 12. The molecule has 2 atom stereocenters. The van der Waals surface area contributed by atoms with E-state index in [0.717, 1.165) is 64.6 Å². The van der Waals surface area contributed by atoms with Crippen LogP contribution in [0.5, 0.6) is 0 Å². The number of benzene rings is 4. The van der Waals surface area contributed by atoms with E-state index in [1.807, 2.05) is 86.0 Å². The minimum atomic E-state index is -1.17. The van der Waals surface area contributed by atoms with E-state index in [1.54, 1.807) is 156 Å². The molecule has 0 N–H and O–H groups in total. The summed E-state index contributed by atoms with van der Waals surface area (Å²) in [7, 11) is 4.33. The number of ether oxygens (including phenoxy) is 4. The molecule has 582 valence electrons. The summed E-state index contributed by atoms with van der Waals surface area (Å²) in [6.45, 7) is 7.69. The van der Waals surface area contributed by atoms with Gasteiger partial charge in [-0.05, 0) is 111 Å². The molecule has 0 aliphatic rings. The van der Waals surface area contributed by atoms with Crippen LogP contribution >= 0.6 is 223 Å². The number of esters is 4. The van der Waals surface area contributed by atoms with Gasteiger partial charge >= 0.3 is 252 Å². The standard InChI is InChI=1S/2C16H15N3O3S.2C16H15N3O2S.4CH3.10HI.4V/c2*1-10-7-17-16(18-8-10)19-9-14(23(3)21)12-5-4-11(6-13(12)19)15(20)22-2;2*1-10-7-17-16(18-8-10)19-9-14(22-3)12-5-4-11(6-13(12)19)15(20)21-2;;;;;;;;;;;;;;;;;;/h2*4-9H,1-3H3;2*4-9H,1-3H3;4*1H3;10*1H;;;;/q;;;;4*-1;;;;;;;;;;;2*+2;2*+3/p-10. The maximum atomic E-state index is 12.0. The summed E-state index contributed by atoms with van der Waals surface area (Å²) in [6, 6.07) is 21.3. The van der Waals surface area contributed by atoms with Gasteiger partial charge in [0.05, 0.1) is 104 Å². The third kappa shape index (κ3) is 31.6. The number of hydrogen-bond donors (Lipinski definition) is 0. The van der Waals surface area contributed by atoms with E-state index in [0.29, 0.717) is 85.8 Å². The number of aromatic nitrogens is 12. The second-order valence-electron chi connectivity index (χ2n) is 20.4. The van der Waals surface area contributed by atoms with Crippen molar-refractivity contribution in [3.63, 3.8) is 0 Å². The Morgan fingerprint density at radius 2 is 0.565 bits per heavy atom. The molecule has 12 rings (SSSR count). The molecule has 22 nitrogen and oxygen atoms in total. The fourth-order valence-electron chi connectivity index (χ4n) is 9.25. The molecule has 2 unspecified atom stereocenters. The van der Waals surface area contributed by atoms with Gasteiger partial charge < -0.3 is 48.7 Å². The predicted octanol–water partition coefficient (Wildman–Crippen LogP) is 21.6. The van der Waals surface area contributed by atoms with Crippen molar-refractivity contribution in [2.45, 2.75) is 47.3 Å². The molecule has 0 fully saturated rings. The van der Waals surface area contributed by atoms with E-state index in [9.17, 15) is 27.6 Å². The van der Waals surface area contributed by atoms with Crippen molar-refractivity contribution in [1.82, 2.24) is 58.1 Å². The first-order valence-corrected chi connectivity index (χ1v) is 79.5. The van der Waals surface area contributed by atoms with Crippen molar-refractivity contribution in [1.29, 1.82) is 0 Å². The summed E-state index contributed by atoms with van der Waals surface area (Å²) in [5.74, 6) is 0.511. The van der Waals surface area contributed by atoms with Crippen molar-refractivity contribution < 1.29 is 75.3 Å². The van der Waals surface area contributed by atoms with Gasteiger partial charge in [-0.3, -0.25) is 26.7 Å². The van der Waals surface area contributed by atoms with Gasteiger partial charge in [-0.2, -0.15) is 0 Å². The number of aryl methyl sites for hydroxylation is 4. The number of carbonyl (C=O) groups excluding carboxylic acids is 4. The zero-order valence-electron chi connectivity index (χ0n) is 60.5. The van der Waals surface area contributed by atoms with Gasteiger partial charge in [0.2, 0.25) is 23.8 Å². The first-order valence-electron chi connectivity index (χ1n) is 28.8. The van der Waals surface area contributed by atoms with E-state index in [2.05, 4.69) is 240 Å². The molecule has 12 aromatic rings. The van der Waals surface area contributed by atoms with Crippen molar-refractivity contribution in [2.75, 3.05) is 53.5 Å². The second kappa shape index (κ2) is 54.8. The zero-order chi connectivity index (χ0) is 77.1. The molecule has 0 saturated heterocycles. The van der Waals surface area contributed by atoms with E-state index >= 15 is 0 Å². The normalized spacial score (nSPS) is 10.6. The van der Waals surface area contributed by atoms with E-state index < -0.39 is 33.5 Å². The Morgan fingerprint density at radius 1 is 0.380 bits per heavy atom. The Bertz CT molecular complexity index is 4620. The monoisotopic (exact) mass is 2820 g/mol. The van der Waals surface area contributed by atoms with Gasteiger partial charge in [0, 0.05) is 118 Å². The third-order valence-electron chi connectivity index (χ3n) is 13.8. The minimum absolute atomic E-state index is 0. The summed E-state index contributed by atoms with van der Waals surface area (Å²) < 4.78 is 50.4. The molecule has 0 aliphatic carbocycles. The maximum absolute atomic E-state index is 12.0. The molecule has 0 bridgehead atoms. The second-order valence-corrected chi connectivity index (χ2v) is 119. The molecule has 40 heteroatoms. The number of methoxy groups -OCH3 is 4. The fraction of sp³-hybridized carbons (Fsp3) is 0.176. The number of fused-ring (bicyclic) bond motifs is 4. The fourth-order valence-corrected chi connectivity index (χ4v) is 11.9. The van der Waals surface area contributed by atoms with Gasteiger partial charge in [-0.1, -0.05) is 24.3 Å². The third-order valence-corrected chi connectivity index (χ3v) is 17.2. The molecular weight excluding hydrogens is 2750 g/mol. The number of carbonyl (C=O) groups is 4. The van der Waals surface area contributed by atoms with Crippen molar-refractivity contribution in [3.05, 3.63) is 221 Å². The Morgan fingerprint density at radius 3 is 0.750 bits per heavy atom. The number of hydrogen-bond acceptors (Lipinski definition) is 20. The summed E-state index contributed by atoms with van der Waals surface area (Å²) in [5, 5.41) is 3.71. The van der Waals surface area contributed by atoms with Crippen LogP contribution in [-0.4, -0.2) is 144 Å². The van der Waals surface area contributed by atoms with Crippen LogP contribution in [0.15, 0.2) is 167 Å². The van der Waals surface area contributed by atoms with Crippen LogP contribution in [-0.2, 0) is 69.3 Å². The van der Waals surface area contributed by atoms with Crippen LogP contribution in [0, 0.1) is 57.4 Å². The zero-order valence-corrected chi connectivity index (χ0v) is 90.9. The molecule has 8 aromatic heterocycles. The molecular formula is C68H72I10N12O10S4V4-4. The molecule has 108 heavy (non-hydrogen) atoms. The quantitative estimate of drug-likeness (QED) is 0.0362. The molecule has 0 amide bonds.